The lowest BCUT2D eigenvalue weighted by Crippen LogP contribution is -2.37. The summed E-state index contributed by atoms with van der Waals surface area (Å²) in [6.45, 7) is 1.28. The Morgan fingerprint density at radius 2 is 1.82 bits per heavy atom. The average Bonchev–Trinajstić information content (AvgIpc) is 2.78. The Balaban J connectivity index is 1.82. The summed E-state index contributed by atoms with van der Waals surface area (Å²) in [6.07, 6.45) is 2.83. The molecule has 0 aromatic rings. The molecule has 1 aliphatic heterocycles. The summed E-state index contributed by atoms with van der Waals surface area (Å²) in [5, 5.41) is 0. The number of carbonyl (C=O) groups is 2. The van der Waals surface area contributed by atoms with E-state index in [1.807, 2.05) is 0 Å². The molecule has 0 atom stereocenters. The quantitative estimate of drug-likeness (QED) is 0.547. The summed E-state index contributed by atoms with van der Waals surface area (Å²) in [6, 6.07) is 0. The predicted octanol–water partition coefficient (Wildman–Crippen LogP) is 1.05. The molecule has 1 aliphatic carbocycles. The number of ketones is 1. The van der Waals surface area contributed by atoms with Gasteiger partial charge in [-0.1, -0.05) is 0 Å². The molecule has 0 radical (unpaired) electrons. The van der Waals surface area contributed by atoms with E-state index in [2.05, 4.69) is 4.74 Å². The first kappa shape index (κ1) is 12.5. The number of Topliss-reactive ketones (excluding diaryl/α,β-unsaturated/α-hetero) is 1. The summed E-state index contributed by atoms with van der Waals surface area (Å²) >= 11 is 0. The van der Waals surface area contributed by atoms with Crippen LogP contribution in [-0.2, 0) is 23.8 Å². The molecular weight excluding hydrogens is 224 g/mol. The van der Waals surface area contributed by atoms with Gasteiger partial charge in [-0.2, -0.15) is 0 Å². The van der Waals surface area contributed by atoms with Crippen LogP contribution in [0.1, 0.15) is 32.1 Å². The van der Waals surface area contributed by atoms with Gasteiger partial charge in [0.1, 0.15) is 12.2 Å². The highest BCUT2D eigenvalue weighted by Gasteiger charge is 2.41. The third-order valence-electron chi connectivity index (χ3n) is 3.56. The largest absolute Gasteiger partial charge is 0.469 e. The Labute approximate surface area is 100 Å². The van der Waals surface area contributed by atoms with Gasteiger partial charge in [0, 0.05) is 18.8 Å². The monoisotopic (exact) mass is 242 g/mol. The van der Waals surface area contributed by atoms with Crippen LogP contribution in [0.5, 0.6) is 0 Å². The zero-order chi connectivity index (χ0) is 12.3. The van der Waals surface area contributed by atoms with Gasteiger partial charge in [-0.25, -0.2) is 0 Å². The summed E-state index contributed by atoms with van der Waals surface area (Å²) in [7, 11) is 1.30. The molecule has 2 aliphatic rings. The highest BCUT2D eigenvalue weighted by molar-refractivity contribution is 5.96. The molecule has 2 rings (SSSR count). The van der Waals surface area contributed by atoms with Crippen LogP contribution in [0, 0.1) is 5.92 Å². The van der Waals surface area contributed by atoms with E-state index in [9.17, 15) is 9.59 Å². The van der Waals surface area contributed by atoms with Gasteiger partial charge in [-0.15, -0.1) is 0 Å². The summed E-state index contributed by atoms with van der Waals surface area (Å²) in [5.74, 6) is -0.969. The smallest absolute Gasteiger partial charge is 0.313 e. The second kappa shape index (κ2) is 5.14. The number of hydrogen-bond donors (Lipinski definition) is 0. The number of methoxy groups -OCH3 is 1. The molecule has 1 saturated carbocycles. The molecule has 96 valence electrons. The summed E-state index contributed by atoms with van der Waals surface area (Å²) in [4.78, 5) is 22.8. The molecule has 0 bridgehead atoms. The lowest BCUT2D eigenvalue weighted by molar-refractivity contribution is -0.183. The van der Waals surface area contributed by atoms with Crippen LogP contribution in [-0.4, -0.2) is 37.9 Å². The molecule has 0 unspecified atom stereocenters. The Hall–Kier alpha value is -0.940. The van der Waals surface area contributed by atoms with E-state index in [0.717, 1.165) is 25.7 Å². The third-order valence-corrected chi connectivity index (χ3v) is 3.56. The first-order valence-corrected chi connectivity index (χ1v) is 6.03. The molecule has 1 heterocycles. The van der Waals surface area contributed by atoms with E-state index in [0.29, 0.717) is 13.2 Å². The standard InChI is InChI=1S/C12H18O5/c1-15-11(14)8-10(13)9-2-4-12(5-3-9)16-6-7-17-12/h9H,2-8H2,1H3. The van der Waals surface area contributed by atoms with Crippen LogP contribution in [0.3, 0.4) is 0 Å². The van der Waals surface area contributed by atoms with Crippen molar-refractivity contribution in [3.05, 3.63) is 0 Å². The van der Waals surface area contributed by atoms with Gasteiger partial charge in [-0.05, 0) is 12.8 Å². The molecule has 1 saturated heterocycles. The van der Waals surface area contributed by atoms with Gasteiger partial charge in [-0.3, -0.25) is 9.59 Å². The van der Waals surface area contributed by atoms with Gasteiger partial charge >= 0.3 is 5.97 Å². The van der Waals surface area contributed by atoms with Crippen LogP contribution in [0.15, 0.2) is 0 Å². The number of rotatable bonds is 3. The Kier molecular flexibility index (Phi) is 3.79. The molecule has 0 N–H and O–H groups in total. The van der Waals surface area contributed by atoms with Crippen molar-refractivity contribution in [2.45, 2.75) is 37.9 Å². The van der Waals surface area contributed by atoms with Crippen LogP contribution < -0.4 is 0 Å². The van der Waals surface area contributed by atoms with Crippen molar-refractivity contribution < 1.29 is 23.8 Å². The minimum absolute atomic E-state index is 0.0234. The Bertz CT molecular complexity index is 296. The van der Waals surface area contributed by atoms with E-state index in [1.54, 1.807) is 0 Å². The lowest BCUT2D eigenvalue weighted by atomic mass is 9.82. The molecule has 0 aromatic heterocycles. The van der Waals surface area contributed by atoms with Crippen molar-refractivity contribution in [3.8, 4) is 0 Å². The molecule has 5 heteroatoms. The molecule has 1 spiro atoms. The molecule has 2 fully saturated rings. The van der Waals surface area contributed by atoms with E-state index in [4.69, 9.17) is 9.47 Å². The van der Waals surface area contributed by atoms with E-state index >= 15 is 0 Å². The SMILES string of the molecule is COC(=O)CC(=O)C1CCC2(CC1)OCCO2. The highest BCUT2D eigenvalue weighted by atomic mass is 16.7. The lowest BCUT2D eigenvalue weighted by Gasteiger charge is -2.34. The summed E-state index contributed by atoms with van der Waals surface area (Å²) < 4.78 is 15.7. The second-order valence-electron chi connectivity index (χ2n) is 4.60. The molecular formula is C12H18O5. The maximum absolute atomic E-state index is 11.8. The Morgan fingerprint density at radius 3 is 2.35 bits per heavy atom. The van der Waals surface area contributed by atoms with Gasteiger partial charge in [0.05, 0.1) is 20.3 Å². The van der Waals surface area contributed by atoms with Crippen molar-refractivity contribution in [2.24, 2.45) is 5.92 Å². The molecule has 0 aromatic carbocycles. The summed E-state index contributed by atoms with van der Waals surface area (Å²) in [5.41, 5.74) is 0. The fraction of sp³-hybridized carbons (Fsp3) is 0.833. The maximum atomic E-state index is 11.8. The number of hydrogen-bond acceptors (Lipinski definition) is 5. The van der Waals surface area contributed by atoms with E-state index < -0.39 is 11.8 Å². The molecule has 5 nitrogen and oxygen atoms in total. The first-order chi connectivity index (χ1) is 8.15. The zero-order valence-electron chi connectivity index (χ0n) is 10.1. The number of esters is 1. The van der Waals surface area contributed by atoms with Crippen LogP contribution >= 0.6 is 0 Å². The highest BCUT2D eigenvalue weighted by Crippen LogP contribution is 2.38. The van der Waals surface area contributed by atoms with Crippen molar-refractivity contribution in [2.75, 3.05) is 20.3 Å². The Morgan fingerprint density at radius 1 is 1.24 bits per heavy atom. The fourth-order valence-electron chi connectivity index (χ4n) is 2.52. The topological polar surface area (TPSA) is 61.8 Å². The van der Waals surface area contributed by atoms with Gasteiger partial charge in [0.25, 0.3) is 0 Å². The van der Waals surface area contributed by atoms with Crippen LogP contribution in [0.25, 0.3) is 0 Å². The molecule has 0 amide bonds. The van der Waals surface area contributed by atoms with Gasteiger partial charge in [0.15, 0.2) is 5.79 Å². The zero-order valence-corrected chi connectivity index (χ0v) is 10.1. The van der Waals surface area contributed by atoms with Crippen molar-refractivity contribution in [3.63, 3.8) is 0 Å². The predicted molar refractivity (Wildman–Crippen MR) is 58.2 cm³/mol. The minimum Gasteiger partial charge on any atom is -0.469 e. The average molecular weight is 242 g/mol. The number of ether oxygens (including phenoxy) is 3. The van der Waals surface area contributed by atoms with Crippen molar-refractivity contribution in [1.29, 1.82) is 0 Å². The normalized spacial score (nSPS) is 23.8. The van der Waals surface area contributed by atoms with Crippen molar-refractivity contribution >= 4 is 11.8 Å². The van der Waals surface area contributed by atoms with Gasteiger partial charge in [0.2, 0.25) is 0 Å². The van der Waals surface area contributed by atoms with Gasteiger partial charge < -0.3 is 14.2 Å². The van der Waals surface area contributed by atoms with Crippen LogP contribution in [0.2, 0.25) is 0 Å². The van der Waals surface area contributed by atoms with E-state index in [1.165, 1.54) is 7.11 Å². The second-order valence-corrected chi connectivity index (χ2v) is 4.60. The maximum Gasteiger partial charge on any atom is 0.313 e. The minimum atomic E-state index is -0.455. The van der Waals surface area contributed by atoms with E-state index in [-0.39, 0.29) is 18.1 Å². The molecule has 17 heavy (non-hydrogen) atoms. The fourth-order valence-corrected chi connectivity index (χ4v) is 2.52. The van der Waals surface area contributed by atoms with Crippen molar-refractivity contribution in [1.82, 2.24) is 0 Å². The first-order valence-electron chi connectivity index (χ1n) is 6.03. The number of carbonyl (C=O) groups excluding carboxylic acids is 2. The van der Waals surface area contributed by atoms with Crippen LogP contribution in [0.4, 0.5) is 0 Å². The third kappa shape index (κ3) is 2.84.